The van der Waals surface area contributed by atoms with Gasteiger partial charge in [-0.1, -0.05) is 48.5 Å². The van der Waals surface area contributed by atoms with Crippen LogP contribution in [-0.2, 0) is 20.7 Å². The van der Waals surface area contributed by atoms with Gasteiger partial charge in [0, 0.05) is 24.3 Å². The molecule has 176 valence electrons. The molecule has 0 aliphatic heterocycles. The molecule has 4 rings (SSSR count). The van der Waals surface area contributed by atoms with E-state index in [1.54, 1.807) is 5.38 Å². The van der Waals surface area contributed by atoms with E-state index in [4.69, 9.17) is 14.9 Å². The van der Waals surface area contributed by atoms with E-state index >= 15 is 0 Å². The van der Waals surface area contributed by atoms with Crippen LogP contribution in [0.4, 0.5) is 9.93 Å². The number of aliphatic hydroxyl groups is 1. The summed E-state index contributed by atoms with van der Waals surface area (Å²) < 4.78 is 5.49. The summed E-state index contributed by atoms with van der Waals surface area (Å²) in [6, 6.07) is 14.9. The number of hydrogen-bond donors (Lipinski definition) is 4. The van der Waals surface area contributed by atoms with Gasteiger partial charge in [0.15, 0.2) is 5.13 Å². The number of aliphatic carboxylic acids is 1. The Kier molecular flexibility index (Phi) is 7.19. The number of rotatable bonds is 9. The third-order valence-corrected chi connectivity index (χ3v) is 6.30. The molecule has 34 heavy (non-hydrogen) atoms. The molecule has 9 nitrogen and oxygen atoms in total. The van der Waals surface area contributed by atoms with E-state index in [1.807, 2.05) is 36.4 Å². The summed E-state index contributed by atoms with van der Waals surface area (Å²) in [5, 5.41) is 24.7. The highest BCUT2D eigenvalue weighted by Crippen LogP contribution is 2.44. The van der Waals surface area contributed by atoms with Crippen molar-refractivity contribution >= 4 is 34.4 Å². The number of carboxylic acid groups (broad SMARTS) is 1. The van der Waals surface area contributed by atoms with Gasteiger partial charge in [0.1, 0.15) is 12.6 Å². The number of anilines is 1. The molecule has 1 aliphatic rings. The van der Waals surface area contributed by atoms with E-state index in [9.17, 15) is 14.4 Å². The van der Waals surface area contributed by atoms with E-state index in [1.165, 1.54) is 0 Å². The van der Waals surface area contributed by atoms with Crippen LogP contribution in [0.3, 0.4) is 0 Å². The first-order valence-corrected chi connectivity index (χ1v) is 11.5. The number of aromatic nitrogens is 1. The second-order valence-corrected chi connectivity index (χ2v) is 8.60. The molecule has 1 aliphatic carbocycles. The maximum Gasteiger partial charge on any atom is 0.413 e. The number of nitrogens with one attached hydrogen (secondary N) is 2. The Balaban J connectivity index is 1.32. The van der Waals surface area contributed by atoms with Gasteiger partial charge in [0.05, 0.1) is 12.1 Å². The van der Waals surface area contributed by atoms with Crippen molar-refractivity contribution in [3.05, 3.63) is 70.7 Å². The molecule has 2 aromatic carbocycles. The smallest absolute Gasteiger partial charge is 0.413 e. The number of aliphatic hydroxyl groups excluding tert-OH is 1. The average Bonchev–Trinajstić information content (AvgIpc) is 3.39. The fraction of sp³-hybridized carbons (Fsp3) is 0.250. The van der Waals surface area contributed by atoms with Crippen molar-refractivity contribution in [1.29, 1.82) is 0 Å². The Morgan fingerprint density at radius 3 is 2.32 bits per heavy atom. The molecular formula is C24H23N3O6S. The first-order valence-electron chi connectivity index (χ1n) is 10.7. The number of carbonyl (C=O) groups excluding carboxylic acids is 2. The van der Waals surface area contributed by atoms with E-state index < -0.39 is 24.0 Å². The Morgan fingerprint density at radius 1 is 1.06 bits per heavy atom. The van der Waals surface area contributed by atoms with Gasteiger partial charge < -0.3 is 20.3 Å². The van der Waals surface area contributed by atoms with E-state index in [2.05, 4.69) is 27.8 Å². The highest BCUT2D eigenvalue weighted by atomic mass is 32.1. The van der Waals surface area contributed by atoms with Crippen LogP contribution < -0.4 is 10.6 Å². The quantitative estimate of drug-likeness (QED) is 0.369. The van der Waals surface area contributed by atoms with Gasteiger partial charge in [0.25, 0.3) is 0 Å². The maximum absolute atomic E-state index is 12.4. The lowest BCUT2D eigenvalue weighted by Crippen LogP contribution is -2.42. The number of thiazole rings is 1. The van der Waals surface area contributed by atoms with Crippen LogP contribution in [0.25, 0.3) is 11.1 Å². The van der Waals surface area contributed by atoms with Gasteiger partial charge in [0.2, 0.25) is 5.91 Å². The molecule has 0 radical (unpaired) electrons. The SMILES string of the molecule is O=C(Cc1csc(NC(=O)OCC2c3ccccc3-c3ccccc32)n1)N[C@H](CCO)C(=O)O. The minimum Gasteiger partial charge on any atom is -0.480 e. The summed E-state index contributed by atoms with van der Waals surface area (Å²) in [5.74, 6) is -1.83. The zero-order valence-corrected chi connectivity index (χ0v) is 18.9. The number of nitrogens with zero attached hydrogens (tertiary/aromatic N) is 1. The third-order valence-electron chi connectivity index (χ3n) is 5.50. The molecule has 0 spiro atoms. The molecule has 0 unspecified atom stereocenters. The maximum atomic E-state index is 12.4. The van der Waals surface area contributed by atoms with Crippen molar-refractivity contribution in [2.45, 2.75) is 24.8 Å². The lowest BCUT2D eigenvalue weighted by atomic mass is 9.98. The van der Waals surface area contributed by atoms with Crippen molar-refractivity contribution in [2.75, 3.05) is 18.5 Å². The molecule has 3 aromatic rings. The molecule has 1 heterocycles. The number of carbonyl (C=O) groups is 3. The van der Waals surface area contributed by atoms with Crippen molar-refractivity contribution in [3.8, 4) is 11.1 Å². The van der Waals surface area contributed by atoms with Crippen LogP contribution in [0.5, 0.6) is 0 Å². The van der Waals surface area contributed by atoms with Crippen LogP contribution in [0.1, 0.15) is 29.2 Å². The molecule has 1 aromatic heterocycles. The molecule has 0 fully saturated rings. The third kappa shape index (κ3) is 5.24. The second kappa shape index (κ2) is 10.4. The summed E-state index contributed by atoms with van der Waals surface area (Å²) in [6.07, 6.45) is -0.897. The van der Waals surface area contributed by atoms with Crippen molar-refractivity contribution < 1.29 is 29.3 Å². The van der Waals surface area contributed by atoms with E-state index in [0.29, 0.717) is 5.69 Å². The molecule has 1 atom stereocenters. The molecule has 0 bridgehead atoms. The number of ether oxygens (including phenoxy) is 1. The number of fused-ring (bicyclic) bond motifs is 3. The summed E-state index contributed by atoms with van der Waals surface area (Å²) >= 11 is 1.13. The van der Waals surface area contributed by atoms with Crippen molar-refractivity contribution in [1.82, 2.24) is 10.3 Å². The molecule has 2 amide bonds. The number of carboxylic acids is 1. The first kappa shape index (κ1) is 23.4. The Labute approximate surface area is 199 Å². The van der Waals surface area contributed by atoms with E-state index in [-0.39, 0.29) is 37.1 Å². The van der Waals surface area contributed by atoms with Crippen LogP contribution in [-0.4, -0.2) is 52.4 Å². The van der Waals surface area contributed by atoms with Gasteiger partial charge in [-0.25, -0.2) is 14.6 Å². The molecule has 0 saturated heterocycles. The Morgan fingerprint density at radius 2 is 1.71 bits per heavy atom. The minimum absolute atomic E-state index is 0.0604. The number of amides is 2. The topological polar surface area (TPSA) is 138 Å². The standard InChI is InChI=1S/C24H23N3O6S/c28-10-9-20(22(30)31)26-21(29)11-14-13-34-23(25-14)27-24(32)33-12-19-17-7-3-1-5-15(17)16-6-2-4-8-18(16)19/h1-8,13,19-20,28H,9-12H2,(H,26,29)(H,30,31)(H,25,27,32)/t20-/m1/s1. The van der Waals surface area contributed by atoms with Gasteiger partial charge in [-0.15, -0.1) is 11.3 Å². The van der Waals surface area contributed by atoms with Crippen molar-refractivity contribution in [3.63, 3.8) is 0 Å². The predicted molar refractivity (Wildman–Crippen MR) is 126 cm³/mol. The fourth-order valence-electron chi connectivity index (χ4n) is 3.96. The summed E-state index contributed by atoms with van der Waals surface area (Å²) in [5.41, 5.74) is 4.88. The Hall–Kier alpha value is -3.76. The van der Waals surface area contributed by atoms with E-state index in [0.717, 1.165) is 33.6 Å². The first-order chi connectivity index (χ1) is 16.5. The fourth-order valence-corrected chi connectivity index (χ4v) is 4.66. The van der Waals surface area contributed by atoms with Gasteiger partial charge >= 0.3 is 12.1 Å². The number of hydrogen-bond acceptors (Lipinski definition) is 7. The van der Waals surface area contributed by atoms with Gasteiger partial charge in [-0.2, -0.15) is 0 Å². The molecular weight excluding hydrogens is 458 g/mol. The summed E-state index contributed by atoms with van der Waals surface area (Å²) in [7, 11) is 0. The monoisotopic (exact) mass is 481 g/mol. The van der Waals surface area contributed by atoms with Gasteiger partial charge in [-0.05, 0) is 22.3 Å². The van der Waals surface area contributed by atoms with Crippen LogP contribution in [0, 0.1) is 0 Å². The lowest BCUT2D eigenvalue weighted by Gasteiger charge is -2.14. The van der Waals surface area contributed by atoms with Gasteiger partial charge in [-0.3, -0.25) is 10.1 Å². The zero-order chi connectivity index (χ0) is 24.1. The summed E-state index contributed by atoms with van der Waals surface area (Å²) in [4.78, 5) is 39.7. The van der Waals surface area contributed by atoms with Crippen molar-refractivity contribution in [2.24, 2.45) is 0 Å². The highest BCUT2D eigenvalue weighted by molar-refractivity contribution is 7.13. The van der Waals surface area contributed by atoms with Crippen LogP contribution >= 0.6 is 11.3 Å². The van der Waals surface area contributed by atoms with Crippen LogP contribution in [0.15, 0.2) is 53.9 Å². The molecule has 10 heteroatoms. The normalized spacial score (nSPS) is 13.0. The predicted octanol–water partition coefficient (Wildman–Crippen LogP) is 3.00. The van der Waals surface area contributed by atoms with Crippen LogP contribution in [0.2, 0.25) is 0 Å². The average molecular weight is 482 g/mol. The minimum atomic E-state index is -1.22. The lowest BCUT2D eigenvalue weighted by molar-refractivity contribution is -0.142. The molecule has 4 N–H and O–H groups in total. The Bertz CT molecular complexity index is 1170. The zero-order valence-electron chi connectivity index (χ0n) is 18.1. The number of benzene rings is 2. The molecule has 0 saturated carbocycles. The largest absolute Gasteiger partial charge is 0.480 e. The second-order valence-electron chi connectivity index (χ2n) is 7.74. The highest BCUT2D eigenvalue weighted by Gasteiger charge is 2.29. The summed E-state index contributed by atoms with van der Waals surface area (Å²) in [6.45, 7) is -0.190.